The molecule has 8 heteroatoms. The maximum atomic E-state index is 13.1. The Morgan fingerprint density at radius 3 is 2.28 bits per heavy atom. The highest BCUT2D eigenvalue weighted by Crippen LogP contribution is 2.39. The van der Waals surface area contributed by atoms with Crippen LogP contribution in [0.2, 0.25) is 0 Å². The zero-order valence-electron chi connectivity index (χ0n) is 15.6. The minimum atomic E-state index is -4.71. The Labute approximate surface area is 165 Å². The van der Waals surface area contributed by atoms with Gasteiger partial charge in [-0.2, -0.15) is 13.2 Å². The van der Waals surface area contributed by atoms with E-state index in [-0.39, 0.29) is 5.69 Å². The fraction of sp³-hybridized carbons (Fsp3) is 0.286. The van der Waals surface area contributed by atoms with Gasteiger partial charge in [0, 0.05) is 11.3 Å². The van der Waals surface area contributed by atoms with Crippen molar-refractivity contribution in [1.29, 1.82) is 0 Å². The molecule has 0 spiro atoms. The third kappa shape index (κ3) is 4.24. The monoisotopic (exact) mass is 401 g/mol. The standard InChI is InChI=1S/C21H18F3N3O2/c1-13-4-6-14(7-5-13)18(28)27-20(10-3-11-20)19(29)26-15-8-9-17(25-2)16(12-15)21(22,23)24/h4-9,12H,3,10-11H2,1H3,(H,26,29)(H,27,28). The van der Waals surface area contributed by atoms with Crippen molar-refractivity contribution in [2.45, 2.75) is 37.9 Å². The molecule has 0 radical (unpaired) electrons. The van der Waals surface area contributed by atoms with Crippen LogP contribution in [0.3, 0.4) is 0 Å². The summed E-state index contributed by atoms with van der Waals surface area (Å²) in [5, 5.41) is 5.19. The van der Waals surface area contributed by atoms with E-state index in [0.717, 1.165) is 17.7 Å². The van der Waals surface area contributed by atoms with Crippen LogP contribution in [-0.4, -0.2) is 17.4 Å². The maximum absolute atomic E-state index is 13.1. The van der Waals surface area contributed by atoms with Gasteiger partial charge in [0.05, 0.1) is 12.1 Å². The summed E-state index contributed by atoms with van der Waals surface area (Å²) in [6, 6.07) is 9.85. The molecule has 1 fully saturated rings. The molecule has 2 amide bonds. The van der Waals surface area contributed by atoms with Crippen LogP contribution >= 0.6 is 0 Å². The lowest BCUT2D eigenvalue weighted by Gasteiger charge is -2.40. The van der Waals surface area contributed by atoms with Crippen molar-refractivity contribution < 1.29 is 22.8 Å². The summed E-state index contributed by atoms with van der Waals surface area (Å²) in [4.78, 5) is 28.2. The molecular weight excluding hydrogens is 383 g/mol. The molecule has 0 bridgehead atoms. The van der Waals surface area contributed by atoms with Gasteiger partial charge in [-0.15, -0.1) is 0 Å². The molecule has 2 aromatic rings. The van der Waals surface area contributed by atoms with Gasteiger partial charge in [-0.3, -0.25) is 9.59 Å². The predicted octanol–water partition coefficient (Wildman–Crippen LogP) is 4.86. The van der Waals surface area contributed by atoms with E-state index in [4.69, 9.17) is 6.57 Å². The molecule has 5 nitrogen and oxygen atoms in total. The zero-order chi connectivity index (χ0) is 21.2. The van der Waals surface area contributed by atoms with E-state index in [2.05, 4.69) is 15.5 Å². The van der Waals surface area contributed by atoms with E-state index in [1.54, 1.807) is 24.3 Å². The lowest BCUT2D eigenvalue weighted by atomic mass is 9.75. The Bertz CT molecular complexity index is 988. The smallest absolute Gasteiger partial charge is 0.338 e. The van der Waals surface area contributed by atoms with Crippen LogP contribution in [0.25, 0.3) is 4.85 Å². The fourth-order valence-corrected chi connectivity index (χ4v) is 3.12. The largest absolute Gasteiger partial charge is 0.407 e. The summed E-state index contributed by atoms with van der Waals surface area (Å²) in [7, 11) is 0. The number of hydrogen-bond acceptors (Lipinski definition) is 2. The van der Waals surface area contributed by atoms with Gasteiger partial charge in [0.15, 0.2) is 5.69 Å². The zero-order valence-corrected chi connectivity index (χ0v) is 15.6. The van der Waals surface area contributed by atoms with Crippen LogP contribution in [0.4, 0.5) is 24.5 Å². The molecule has 1 saturated carbocycles. The number of alkyl halides is 3. The molecule has 0 atom stereocenters. The first-order valence-corrected chi connectivity index (χ1v) is 8.94. The minimum Gasteiger partial charge on any atom is -0.338 e. The summed E-state index contributed by atoms with van der Waals surface area (Å²) >= 11 is 0. The molecule has 29 heavy (non-hydrogen) atoms. The molecule has 0 aliphatic heterocycles. The van der Waals surface area contributed by atoms with E-state index in [0.29, 0.717) is 24.8 Å². The summed E-state index contributed by atoms with van der Waals surface area (Å²) in [5.74, 6) is -0.993. The van der Waals surface area contributed by atoms with Gasteiger partial charge in [-0.25, -0.2) is 4.85 Å². The molecule has 0 saturated heterocycles. The quantitative estimate of drug-likeness (QED) is 0.719. The number of amides is 2. The molecule has 1 aliphatic rings. The van der Waals surface area contributed by atoms with Crippen LogP contribution in [0.15, 0.2) is 42.5 Å². The predicted molar refractivity (Wildman–Crippen MR) is 102 cm³/mol. The number of nitrogens with zero attached hydrogens (tertiary/aromatic N) is 1. The van der Waals surface area contributed by atoms with Crippen LogP contribution in [-0.2, 0) is 11.0 Å². The van der Waals surface area contributed by atoms with Crippen molar-refractivity contribution >= 4 is 23.2 Å². The number of anilines is 1. The lowest BCUT2D eigenvalue weighted by Crippen LogP contribution is -2.61. The van der Waals surface area contributed by atoms with E-state index in [9.17, 15) is 22.8 Å². The molecule has 2 N–H and O–H groups in total. The maximum Gasteiger partial charge on any atom is 0.407 e. The second-order valence-electron chi connectivity index (χ2n) is 7.05. The van der Waals surface area contributed by atoms with E-state index >= 15 is 0 Å². The molecule has 0 heterocycles. The summed E-state index contributed by atoms with van der Waals surface area (Å²) in [6.07, 6.45) is -3.22. The van der Waals surface area contributed by atoms with Gasteiger partial charge < -0.3 is 10.6 Å². The Kier molecular flexibility index (Phi) is 5.33. The Balaban J connectivity index is 1.79. The average molecular weight is 401 g/mol. The first-order valence-electron chi connectivity index (χ1n) is 8.94. The normalized spacial score (nSPS) is 15.0. The van der Waals surface area contributed by atoms with Crippen molar-refractivity contribution in [2.75, 3.05) is 5.32 Å². The SMILES string of the molecule is [C-]#[N+]c1ccc(NC(=O)C2(NC(=O)c3ccc(C)cc3)CCC2)cc1C(F)(F)F. The highest BCUT2D eigenvalue weighted by Gasteiger charge is 2.45. The molecule has 2 aromatic carbocycles. The summed E-state index contributed by atoms with van der Waals surface area (Å²) < 4.78 is 39.4. The number of carbonyl (C=O) groups is 2. The summed E-state index contributed by atoms with van der Waals surface area (Å²) in [5.41, 5.74) is -1.51. The highest BCUT2D eigenvalue weighted by molar-refractivity contribution is 6.04. The molecule has 0 unspecified atom stereocenters. The molecule has 150 valence electrons. The Morgan fingerprint density at radius 1 is 1.10 bits per heavy atom. The first kappa shape index (κ1) is 20.4. The van der Waals surface area contributed by atoms with Crippen LogP contribution in [0.1, 0.15) is 40.7 Å². The van der Waals surface area contributed by atoms with Gasteiger partial charge in [0.1, 0.15) is 5.54 Å². The Hall–Kier alpha value is -3.34. The number of nitrogens with one attached hydrogen (secondary N) is 2. The fourth-order valence-electron chi connectivity index (χ4n) is 3.12. The van der Waals surface area contributed by atoms with Gasteiger partial charge in [0.2, 0.25) is 5.91 Å². The topological polar surface area (TPSA) is 62.6 Å². The second-order valence-corrected chi connectivity index (χ2v) is 7.05. The molecule has 0 aromatic heterocycles. The summed E-state index contributed by atoms with van der Waals surface area (Å²) in [6.45, 7) is 8.76. The highest BCUT2D eigenvalue weighted by atomic mass is 19.4. The lowest BCUT2D eigenvalue weighted by molar-refractivity contribution is -0.136. The number of aryl methyl sites for hydroxylation is 1. The number of benzene rings is 2. The van der Waals surface area contributed by atoms with E-state index in [1.807, 2.05) is 6.92 Å². The van der Waals surface area contributed by atoms with Gasteiger partial charge in [-0.1, -0.05) is 23.8 Å². The Morgan fingerprint density at radius 2 is 1.76 bits per heavy atom. The number of carbonyl (C=O) groups excluding carboxylic acids is 2. The van der Waals surface area contributed by atoms with E-state index < -0.39 is 34.8 Å². The van der Waals surface area contributed by atoms with Crippen LogP contribution in [0.5, 0.6) is 0 Å². The minimum absolute atomic E-state index is 0.0782. The number of halogens is 3. The third-order valence-electron chi connectivity index (χ3n) is 4.99. The van der Waals surface area contributed by atoms with Crippen molar-refractivity contribution in [2.24, 2.45) is 0 Å². The van der Waals surface area contributed by atoms with Gasteiger partial charge >= 0.3 is 6.18 Å². The van der Waals surface area contributed by atoms with Gasteiger partial charge in [-0.05, 0) is 50.5 Å². The number of hydrogen-bond donors (Lipinski definition) is 2. The van der Waals surface area contributed by atoms with Crippen molar-refractivity contribution in [3.8, 4) is 0 Å². The van der Waals surface area contributed by atoms with Crippen LogP contribution < -0.4 is 10.6 Å². The average Bonchev–Trinajstić information content (AvgIpc) is 2.64. The second kappa shape index (κ2) is 7.59. The number of rotatable bonds is 4. The van der Waals surface area contributed by atoms with Gasteiger partial charge in [0.25, 0.3) is 5.91 Å². The first-order chi connectivity index (χ1) is 13.6. The third-order valence-corrected chi connectivity index (χ3v) is 4.99. The van der Waals surface area contributed by atoms with E-state index in [1.165, 1.54) is 6.07 Å². The molecule has 1 aliphatic carbocycles. The van der Waals surface area contributed by atoms with Crippen molar-refractivity contribution in [3.63, 3.8) is 0 Å². The van der Waals surface area contributed by atoms with Crippen molar-refractivity contribution in [3.05, 3.63) is 70.6 Å². The van der Waals surface area contributed by atoms with Crippen molar-refractivity contribution in [1.82, 2.24) is 5.32 Å². The van der Waals surface area contributed by atoms with Crippen LogP contribution in [0, 0.1) is 13.5 Å². The molecule has 3 rings (SSSR count). The molecular formula is C21H18F3N3O2.